The van der Waals surface area contributed by atoms with Gasteiger partial charge in [0.15, 0.2) is 0 Å². The molecule has 2 nitrogen and oxygen atoms in total. The van der Waals surface area contributed by atoms with Gasteiger partial charge in [-0.25, -0.2) is 0 Å². The fourth-order valence-corrected chi connectivity index (χ4v) is 0.938. The number of esters is 1. The minimum Gasteiger partial charge on any atom is -0.465 e. The van der Waals surface area contributed by atoms with Crippen molar-refractivity contribution in [3.05, 3.63) is 0 Å². The van der Waals surface area contributed by atoms with Crippen LogP contribution in [0.3, 0.4) is 0 Å². The molecule has 0 amide bonds. The molecule has 1 unspecified atom stereocenters. The molecule has 0 aromatic carbocycles. The summed E-state index contributed by atoms with van der Waals surface area (Å²) in [6.07, 6.45) is 2.38. The van der Waals surface area contributed by atoms with Crippen molar-refractivity contribution >= 4 is 30.4 Å². The molecule has 0 spiro atoms. The molecule has 66 valence electrons. The van der Waals surface area contributed by atoms with Gasteiger partial charge in [0.25, 0.3) is 0 Å². The summed E-state index contributed by atoms with van der Waals surface area (Å²) in [7, 11) is 0. The second kappa shape index (κ2) is 6.85. The van der Waals surface area contributed by atoms with E-state index in [0.29, 0.717) is 13.0 Å². The third-order valence-electron chi connectivity index (χ3n) is 1.01. The van der Waals surface area contributed by atoms with E-state index in [1.54, 1.807) is 11.8 Å². The summed E-state index contributed by atoms with van der Waals surface area (Å²) in [6.45, 7) is 2.39. The molecule has 0 N–H and O–H groups in total. The van der Waals surface area contributed by atoms with Gasteiger partial charge in [-0.1, -0.05) is 6.92 Å². The van der Waals surface area contributed by atoms with Gasteiger partial charge in [0.2, 0.25) is 0 Å². The predicted octanol–water partition coefficient (Wildman–Crippen LogP) is 1.60. The first-order chi connectivity index (χ1) is 5.16. The first kappa shape index (κ1) is 11.2. The predicted molar refractivity (Wildman–Crippen MR) is 52.4 cm³/mol. The lowest BCUT2D eigenvalue weighted by Gasteiger charge is -2.04. The Kier molecular flexibility index (Phi) is 6.96. The maximum absolute atomic E-state index is 10.8. The number of thioether (sulfide) groups is 1. The van der Waals surface area contributed by atoms with E-state index in [1.807, 2.05) is 13.2 Å². The van der Waals surface area contributed by atoms with Crippen LogP contribution in [0.15, 0.2) is 0 Å². The molecule has 11 heavy (non-hydrogen) atoms. The molecule has 1 atom stereocenters. The molecule has 0 aromatic rings. The highest BCUT2D eigenvalue weighted by Crippen LogP contribution is 2.01. The highest BCUT2D eigenvalue weighted by Gasteiger charge is 2.05. The summed E-state index contributed by atoms with van der Waals surface area (Å²) in [4.78, 5) is 10.8. The summed E-state index contributed by atoms with van der Waals surface area (Å²) in [5, 5.41) is 0.0942. The molecule has 0 heterocycles. The minimum atomic E-state index is -0.151. The molecule has 0 aliphatic carbocycles. The number of ether oxygens (including phenoxy) is 1. The Labute approximate surface area is 77.5 Å². The van der Waals surface area contributed by atoms with Gasteiger partial charge in [0.05, 0.1) is 6.42 Å². The van der Waals surface area contributed by atoms with E-state index < -0.39 is 0 Å². The fraction of sp³-hybridized carbons (Fsp3) is 0.857. The van der Waals surface area contributed by atoms with Crippen LogP contribution >= 0.6 is 24.4 Å². The van der Waals surface area contributed by atoms with E-state index in [-0.39, 0.29) is 11.2 Å². The quantitative estimate of drug-likeness (QED) is 0.409. The Bertz CT molecular complexity index is 115. The topological polar surface area (TPSA) is 26.3 Å². The molecule has 0 saturated heterocycles. The van der Waals surface area contributed by atoms with Crippen LogP contribution in [0.25, 0.3) is 0 Å². The molecule has 0 fully saturated rings. The van der Waals surface area contributed by atoms with Crippen molar-refractivity contribution in [2.24, 2.45) is 0 Å². The molecule has 0 bridgehead atoms. The lowest BCUT2D eigenvalue weighted by molar-refractivity contribution is -0.142. The smallest absolute Gasteiger partial charge is 0.306 e. The van der Waals surface area contributed by atoms with Crippen LogP contribution in [0, 0.1) is 0 Å². The van der Waals surface area contributed by atoms with Crippen LogP contribution in [-0.2, 0) is 9.53 Å². The van der Waals surface area contributed by atoms with Gasteiger partial charge in [-0.3, -0.25) is 4.79 Å². The number of hydrogen-bond acceptors (Lipinski definition) is 4. The lowest BCUT2D eigenvalue weighted by Crippen LogP contribution is -2.11. The maximum Gasteiger partial charge on any atom is 0.306 e. The Balaban J connectivity index is 3.23. The zero-order valence-electron chi connectivity index (χ0n) is 6.87. The third-order valence-corrected chi connectivity index (χ3v) is 1.77. The van der Waals surface area contributed by atoms with Crippen molar-refractivity contribution in [3.63, 3.8) is 0 Å². The molecule has 0 saturated carbocycles. The number of carbonyl (C=O) groups is 1. The van der Waals surface area contributed by atoms with E-state index in [4.69, 9.17) is 4.74 Å². The highest BCUT2D eigenvalue weighted by molar-refractivity contribution is 7.98. The first-order valence-corrected chi connectivity index (χ1v) is 5.40. The second-order valence-corrected chi connectivity index (χ2v) is 4.13. The summed E-state index contributed by atoms with van der Waals surface area (Å²) in [5.74, 6) is 0.716. The molecule has 0 aliphatic heterocycles. The van der Waals surface area contributed by atoms with E-state index in [9.17, 15) is 4.79 Å². The van der Waals surface area contributed by atoms with Crippen molar-refractivity contribution in [1.29, 1.82) is 0 Å². The van der Waals surface area contributed by atoms with Crippen molar-refractivity contribution in [2.45, 2.75) is 18.6 Å². The average Bonchev–Trinajstić information content (AvgIpc) is 1.86. The largest absolute Gasteiger partial charge is 0.465 e. The van der Waals surface area contributed by atoms with E-state index in [1.165, 1.54) is 0 Å². The van der Waals surface area contributed by atoms with Crippen LogP contribution in [0.1, 0.15) is 13.3 Å². The zero-order chi connectivity index (χ0) is 8.69. The summed E-state index contributed by atoms with van der Waals surface area (Å²) in [5.41, 5.74) is 0. The molecular formula is C7H14O2S2. The summed E-state index contributed by atoms with van der Waals surface area (Å²) in [6, 6.07) is 0. The van der Waals surface area contributed by atoms with Crippen molar-refractivity contribution in [1.82, 2.24) is 0 Å². The minimum absolute atomic E-state index is 0.0942. The molecule has 4 heteroatoms. The van der Waals surface area contributed by atoms with Gasteiger partial charge in [-0.05, 0) is 6.26 Å². The van der Waals surface area contributed by atoms with E-state index in [2.05, 4.69) is 12.6 Å². The van der Waals surface area contributed by atoms with Crippen LogP contribution in [0.2, 0.25) is 0 Å². The molecule has 0 radical (unpaired) electrons. The van der Waals surface area contributed by atoms with Gasteiger partial charge in [0.1, 0.15) is 6.61 Å². The Hall–Kier alpha value is 0.170. The van der Waals surface area contributed by atoms with Gasteiger partial charge in [0, 0.05) is 11.0 Å². The molecule has 0 rings (SSSR count). The molecule has 0 aliphatic rings. The van der Waals surface area contributed by atoms with Gasteiger partial charge in [-0.2, -0.15) is 24.4 Å². The van der Waals surface area contributed by atoms with Crippen molar-refractivity contribution < 1.29 is 9.53 Å². The number of rotatable bonds is 5. The Morgan fingerprint density at radius 1 is 1.73 bits per heavy atom. The number of thiol groups is 1. The Morgan fingerprint density at radius 3 is 2.82 bits per heavy atom. The normalized spacial score (nSPS) is 12.6. The highest BCUT2D eigenvalue weighted by atomic mass is 32.2. The van der Waals surface area contributed by atoms with Gasteiger partial charge in [-0.15, -0.1) is 0 Å². The van der Waals surface area contributed by atoms with Crippen molar-refractivity contribution in [3.8, 4) is 0 Å². The van der Waals surface area contributed by atoms with Gasteiger partial charge >= 0.3 is 5.97 Å². The van der Waals surface area contributed by atoms with E-state index >= 15 is 0 Å². The van der Waals surface area contributed by atoms with Crippen molar-refractivity contribution in [2.75, 3.05) is 18.6 Å². The number of hydrogen-bond donors (Lipinski definition) is 1. The summed E-state index contributed by atoms with van der Waals surface area (Å²) < 4.78 is 4.88. The first-order valence-electron chi connectivity index (χ1n) is 3.49. The fourth-order valence-electron chi connectivity index (χ4n) is 0.539. The Morgan fingerprint density at radius 2 is 2.36 bits per heavy atom. The molecule has 0 aromatic heterocycles. The van der Waals surface area contributed by atoms with Crippen LogP contribution in [0.4, 0.5) is 0 Å². The zero-order valence-corrected chi connectivity index (χ0v) is 8.58. The lowest BCUT2D eigenvalue weighted by atomic mass is 10.3. The standard InChI is InChI=1S/C7H14O2S2/c1-6(10)5-7(8)9-3-4-11-2/h6,10H,3-5H2,1-2H3. The monoisotopic (exact) mass is 194 g/mol. The van der Waals surface area contributed by atoms with E-state index in [0.717, 1.165) is 5.75 Å². The average molecular weight is 194 g/mol. The second-order valence-electron chi connectivity index (χ2n) is 2.27. The number of carbonyl (C=O) groups excluding carboxylic acids is 1. The van der Waals surface area contributed by atoms with Crippen LogP contribution < -0.4 is 0 Å². The summed E-state index contributed by atoms with van der Waals surface area (Å²) >= 11 is 5.74. The SMILES string of the molecule is CSCCOC(=O)CC(C)S. The molecular weight excluding hydrogens is 180 g/mol. The van der Waals surface area contributed by atoms with Crippen LogP contribution in [-0.4, -0.2) is 29.8 Å². The van der Waals surface area contributed by atoms with Gasteiger partial charge < -0.3 is 4.74 Å². The third kappa shape index (κ3) is 8.07. The van der Waals surface area contributed by atoms with Crippen LogP contribution in [0.5, 0.6) is 0 Å². The maximum atomic E-state index is 10.8.